The van der Waals surface area contributed by atoms with Crippen molar-refractivity contribution >= 4 is 23.5 Å². The van der Waals surface area contributed by atoms with Gasteiger partial charge in [-0.25, -0.2) is 4.98 Å². The second-order valence-electron chi connectivity index (χ2n) is 2.17. The highest BCUT2D eigenvalue weighted by Gasteiger charge is 2.32. The van der Waals surface area contributed by atoms with Gasteiger partial charge in [-0.3, -0.25) is 0 Å². The maximum atomic E-state index is 12.1. The smallest absolute Gasteiger partial charge is 0.337 e. The molecule has 1 rings (SSSR count). The molecule has 0 unspecified atom stereocenters. The van der Waals surface area contributed by atoms with E-state index in [4.69, 9.17) is 0 Å². The van der Waals surface area contributed by atoms with Gasteiger partial charge in [0.2, 0.25) is 0 Å². The van der Waals surface area contributed by atoms with Gasteiger partial charge in [0.25, 0.3) is 0 Å². The van der Waals surface area contributed by atoms with Crippen LogP contribution in [-0.4, -0.2) is 10.5 Å². The van der Waals surface area contributed by atoms with Gasteiger partial charge in [0.05, 0.1) is 5.49 Å². The van der Waals surface area contributed by atoms with Gasteiger partial charge in [-0.15, -0.1) is 0 Å². The molecule has 0 aromatic carbocycles. The predicted octanol–water partition coefficient (Wildman–Crippen LogP) is 2.47. The molecule has 13 heavy (non-hydrogen) atoms. The largest absolute Gasteiger partial charge is 0.433 e. The molecule has 0 amide bonds. The lowest BCUT2D eigenvalue weighted by molar-refractivity contribution is -0.141. The fraction of sp³-hybridized carbons (Fsp3) is 0.143. The lowest BCUT2D eigenvalue weighted by Crippen LogP contribution is -2.09. The topological polar surface area (TPSA) is 24.9 Å². The van der Waals surface area contributed by atoms with Crippen molar-refractivity contribution in [3.63, 3.8) is 0 Å². The summed E-state index contributed by atoms with van der Waals surface area (Å²) in [7, 11) is 0. The summed E-state index contributed by atoms with van der Waals surface area (Å²) in [6.07, 6.45) is -4.42. The third kappa shape index (κ3) is 2.66. The number of hydrogen-bond donors (Lipinski definition) is 1. The Hall–Kier alpha value is -1.17. The standard InChI is InChI=1S/C7H5F3N2S/c8-7(9,10)5-2-1-3-6(12-5)11-4-13/h1-4H,(H,11,12,13). The second kappa shape index (κ2) is 3.69. The molecule has 0 aliphatic rings. The minimum absolute atomic E-state index is 0.0878. The molecule has 1 aromatic rings. The highest BCUT2D eigenvalue weighted by Crippen LogP contribution is 2.27. The van der Waals surface area contributed by atoms with Crippen molar-refractivity contribution in [2.75, 3.05) is 5.32 Å². The Bertz CT molecular complexity index is 311. The summed E-state index contributed by atoms with van der Waals surface area (Å²) in [6, 6.07) is 3.56. The fourth-order valence-corrected chi connectivity index (χ4v) is 0.854. The molecule has 0 aliphatic carbocycles. The van der Waals surface area contributed by atoms with Crippen LogP contribution in [0.4, 0.5) is 19.0 Å². The van der Waals surface area contributed by atoms with Crippen LogP contribution in [-0.2, 0) is 6.18 Å². The normalized spacial score (nSPS) is 11.0. The number of nitrogens with zero attached hydrogens (tertiary/aromatic N) is 1. The predicted molar refractivity (Wildman–Crippen MR) is 46.5 cm³/mol. The van der Waals surface area contributed by atoms with Gasteiger partial charge in [-0.1, -0.05) is 18.3 Å². The van der Waals surface area contributed by atoms with E-state index in [0.717, 1.165) is 11.6 Å². The van der Waals surface area contributed by atoms with E-state index in [1.54, 1.807) is 0 Å². The summed E-state index contributed by atoms with van der Waals surface area (Å²) in [6.45, 7) is 0. The maximum Gasteiger partial charge on any atom is 0.433 e. The van der Waals surface area contributed by atoms with Crippen molar-refractivity contribution < 1.29 is 13.2 Å². The molecule has 0 saturated carbocycles. The van der Waals surface area contributed by atoms with Gasteiger partial charge < -0.3 is 5.32 Å². The van der Waals surface area contributed by atoms with Gasteiger partial charge in [0.15, 0.2) is 0 Å². The lowest BCUT2D eigenvalue weighted by Gasteiger charge is -2.06. The van der Waals surface area contributed by atoms with Crippen molar-refractivity contribution in [2.24, 2.45) is 0 Å². The summed E-state index contributed by atoms with van der Waals surface area (Å²) in [5, 5.41) is 2.40. The number of nitrogens with one attached hydrogen (secondary N) is 1. The van der Waals surface area contributed by atoms with Gasteiger partial charge in [-0.2, -0.15) is 13.2 Å². The first-order valence-corrected chi connectivity index (χ1v) is 3.75. The number of hydrogen-bond acceptors (Lipinski definition) is 2. The van der Waals surface area contributed by atoms with Crippen LogP contribution in [0.2, 0.25) is 0 Å². The number of thiocarbonyl (C=S) groups is 1. The first-order chi connectivity index (χ1) is 6.04. The van der Waals surface area contributed by atoms with Crippen molar-refractivity contribution in [3.05, 3.63) is 23.9 Å². The Labute approximate surface area is 77.8 Å². The zero-order chi connectivity index (χ0) is 9.90. The Balaban J connectivity index is 2.98. The van der Waals surface area contributed by atoms with E-state index in [-0.39, 0.29) is 5.82 Å². The molecular formula is C7H5F3N2S. The molecule has 1 aromatic heterocycles. The molecule has 0 saturated heterocycles. The SMILES string of the molecule is FC(F)(F)c1cccc(NC=S)n1. The van der Waals surface area contributed by atoms with E-state index in [9.17, 15) is 13.2 Å². The van der Waals surface area contributed by atoms with E-state index in [1.165, 1.54) is 12.1 Å². The van der Waals surface area contributed by atoms with Crippen LogP contribution >= 0.6 is 12.2 Å². The molecular weight excluding hydrogens is 201 g/mol. The summed E-state index contributed by atoms with van der Waals surface area (Å²) < 4.78 is 36.2. The Morgan fingerprint density at radius 3 is 2.62 bits per heavy atom. The van der Waals surface area contributed by atoms with Crippen molar-refractivity contribution in [3.8, 4) is 0 Å². The van der Waals surface area contributed by atoms with Crippen LogP contribution in [0.3, 0.4) is 0 Å². The average Bonchev–Trinajstić information content (AvgIpc) is 2.04. The molecule has 0 atom stereocenters. The minimum atomic E-state index is -4.42. The zero-order valence-corrected chi connectivity index (χ0v) is 7.12. The third-order valence-electron chi connectivity index (χ3n) is 1.25. The number of halogens is 3. The van der Waals surface area contributed by atoms with Crippen LogP contribution in [0, 0.1) is 0 Å². The van der Waals surface area contributed by atoms with Crippen LogP contribution in [0.25, 0.3) is 0 Å². The van der Waals surface area contributed by atoms with Crippen LogP contribution in [0.15, 0.2) is 18.2 Å². The summed E-state index contributed by atoms with van der Waals surface area (Å²) in [4.78, 5) is 3.30. The lowest BCUT2D eigenvalue weighted by atomic mass is 10.3. The Morgan fingerprint density at radius 1 is 1.38 bits per heavy atom. The highest BCUT2D eigenvalue weighted by molar-refractivity contribution is 7.79. The Kier molecular flexibility index (Phi) is 2.82. The first kappa shape index (κ1) is 9.91. The molecule has 0 radical (unpaired) electrons. The molecule has 0 spiro atoms. The number of anilines is 1. The van der Waals surface area contributed by atoms with E-state index in [2.05, 4.69) is 22.5 Å². The average molecular weight is 206 g/mol. The third-order valence-corrected chi connectivity index (χ3v) is 1.36. The number of alkyl halides is 3. The van der Waals surface area contributed by atoms with Gasteiger partial charge in [0.1, 0.15) is 11.5 Å². The Morgan fingerprint density at radius 2 is 2.08 bits per heavy atom. The molecule has 1 N–H and O–H groups in total. The van der Waals surface area contributed by atoms with Crippen LogP contribution in [0.5, 0.6) is 0 Å². The molecule has 70 valence electrons. The maximum absolute atomic E-state index is 12.1. The quantitative estimate of drug-likeness (QED) is 0.752. The number of rotatable bonds is 2. The van der Waals surface area contributed by atoms with Gasteiger partial charge >= 0.3 is 6.18 Å². The monoisotopic (exact) mass is 206 g/mol. The molecule has 1 heterocycles. The van der Waals surface area contributed by atoms with E-state index in [0.29, 0.717) is 0 Å². The van der Waals surface area contributed by atoms with Gasteiger partial charge in [-0.05, 0) is 12.1 Å². The molecule has 6 heteroatoms. The molecule has 2 nitrogen and oxygen atoms in total. The zero-order valence-electron chi connectivity index (χ0n) is 6.30. The van der Waals surface area contributed by atoms with E-state index < -0.39 is 11.9 Å². The number of pyridine rings is 1. The van der Waals surface area contributed by atoms with Crippen LogP contribution in [0.1, 0.15) is 5.69 Å². The molecule has 0 bridgehead atoms. The van der Waals surface area contributed by atoms with Crippen LogP contribution < -0.4 is 5.32 Å². The summed E-state index contributed by atoms with van der Waals surface area (Å²) in [5.74, 6) is 0.0878. The van der Waals surface area contributed by atoms with Crippen molar-refractivity contribution in [1.29, 1.82) is 0 Å². The second-order valence-corrected chi connectivity index (χ2v) is 2.40. The van der Waals surface area contributed by atoms with Gasteiger partial charge in [0, 0.05) is 0 Å². The summed E-state index contributed by atoms with van der Waals surface area (Å²) >= 11 is 4.41. The fourth-order valence-electron chi connectivity index (χ4n) is 0.733. The highest BCUT2D eigenvalue weighted by atomic mass is 32.1. The van der Waals surface area contributed by atoms with E-state index in [1.807, 2.05) is 0 Å². The van der Waals surface area contributed by atoms with Crippen molar-refractivity contribution in [1.82, 2.24) is 4.98 Å². The minimum Gasteiger partial charge on any atom is -0.337 e. The first-order valence-electron chi connectivity index (χ1n) is 3.28. The summed E-state index contributed by atoms with van der Waals surface area (Å²) in [5.41, 5.74) is 0.164. The number of aromatic nitrogens is 1. The van der Waals surface area contributed by atoms with Crippen molar-refractivity contribution in [2.45, 2.75) is 6.18 Å². The molecule has 0 fully saturated rings. The molecule has 0 aliphatic heterocycles. The van der Waals surface area contributed by atoms with E-state index >= 15 is 0 Å².